The zero-order valence-electron chi connectivity index (χ0n) is 10.8. The Bertz CT molecular complexity index is 393. The molecule has 0 aliphatic heterocycles. The lowest BCUT2D eigenvalue weighted by Crippen LogP contribution is -2.39. The van der Waals surface area contributed by atoms with Crippen molar-refractivity contribution in [1.29, 1.82) is 0 Å². The highest BCUT2D eigenvalue weighted by Crippen LogP contribution is 2.21. The van der Waals surface area contributed by atoms with Gasteiger partial charge in [0.05, 0.1) is 6.61 Å². The van der Waals surface area contributed by atoms with E-state index in [1.165, 1.54) is 12.7 Å². The predicted molar refractivity (Wildman–Crippen MR) is 69.1 cm³/mol. The van der Waals surface area contributed by atoms with E-state index in [2.05, 4.69) is 5.32 Å². The molecular weight excluding hydrogens is 216 g/mol. The van der Waals surface area contributed by atoms with Crippen molar-refractivity contribution in [1.82, 2.24) is 0 Å². The lowest BCUT2D eigenvalue weighted by atomic mass is 10.0. The van der Waals surface area contributed by atoms with Crippen LogP contribution in [-0.4, -0.2) is 25.7 Å². The Balaban J connectivity index is 2.85. The molecule has 1 rings (SSSR count). The van der Waals surface area contributed by atoms with E-state index in [1.807, 2.05) is 32.9 Å². The minimum atomic E-state index is -0.639. The Labute approximate surface area is 102 Å². The van der Waals surface area contributed by atoms with Gasteiger partial charge in [0.15, 0.2) is 0 Å². The molecule has 1 amide bonds. The Morgan fingerprint density at radius 3 is 2.35 bits per heavy atom. The van der Waals surface area contributed by atoms with E-state index in [9.17, 15) is 4.79 Å². The number of methoxy groups -OCH3 is 1. The average Bonchev–Trinajstić information content (AvgIpc) is 2.23. The fraction of sp³-hybridized carbons (Fsp3) is 0.462. The van der Waals surface area contributed by atoms with Crippen LogP contribution >= 0.6 is 0 Å². The summed E-state index contributed by atoms with van der Waals surface area (Å²) < 4.78 is 4.86. The molecule has 1 aromatic rings. The molecule has 0 bridgehead atoms. The van der Waals surface area contributed by atoms with Crippen molar-refractivity contribution in [2.45, 2.75) is 26.8 Å². The summed E-state index contributed by atoms with van der Waals surface area (Å²) in [5.74, 6) is -0.220. The van der Waals surface area contributed by atoms with Crippen LogP contribution in [-0.2, 0) is 9.53 Å². The van der Waals surface area contributed by atoms with E-state index in [-0.39, 0.29) is 12.5 Å². The molecule has 17 heavy (non-hydrogen) atoms. The molecule has 0 aromatic heterocycles. The van der Waals surface area contributed by atoms with Crippen LogP contribution in [0.2, 0.25) is 0 Å². The van der Waals surface area contributed by atoms with Crippen molar-refractivity contribution < 1.29 is 9.53 Å². The van der Waals surface area contributed by atoms with Crippen LogP contribution in [0.5, 0.6) is 0 Å². The van der Waals surface area contributed by atoms with Gasteiger partial charge in [0.1, 0.15) is 6.04 Å². The minimum absolute atomic E-state index is 0.218. The second kappa shape index (κ2) is 5.80. The molecular formula is C13H20N2O2. The Morgan fingerprint density at radius 2 is 1.88 bits per heavy atom. The Hall–Kier alpha value is -1.39. The molecule has 3 N–H and O–H groups in total. The molecule has 0 fully saturated rings. The number of hydrogen-bond donors (Lipinski definition) is 2. The number of aryl methyl sites for hydroxylation is 3. The summed E-state index contributed by atoms with van der Waals surface area (Å²) in [6.45, 7) is 6.19. The average molecular weight is 236 g/mol. The fourth-order valence-electron chi connectivity index (χ4n) is 1.85. The smallest absolute Gasteiger partial charge is 0.243 e. The number of carbonyl (C=O) groups is 1. The minimum Gasteiger partial charge on any atom is -0.383 e. The highest BCUT2D eigenvalue weighted by atomic mass is 16.5. The van der Waals surface area contributed by atoms with Crippen molar-refractivity contribution in [2.75, 3.05) is 19.0 Å². The Kier molecular flexibility index (Phi) is 4.66. The number of hydrogen-bond acceptors (Lipinski definition) is 3. The molecule has 0 saturated carbocycles. The first-order valence-corrected chi connectivity index (χ1v) is 5.59. The van der Waals surface area contributed by atoms with Crippen molar-refractivity contribution in [2.24, 2.45) is 5.73 Å². The van der Waals surface area contributed by atoms with Gasteiger partial charge in [-0.1, -0.05) is 17.7 Å². The predicted octanol–water partition coefficient (Wildman–Crippen LogP) is 1.52. The van der Waals surface area contributed by atoms with Crippen LogP contribution in [0.4, 0.5) is 5.69 Å². The largest absolute Gasteiger partial charge is 0.383 e. The van der Waals surface area contributed by atoms with Gasteiger partial charge in [0, 0.05) is 12.8 Å². The molecule has 0 aliphatic carbocycles. The fourth-order valence-corrected chi connectivity index (χ4v) is 1.85. The van der Waals surface area contributed by atoms with Crippen molar-refractivity contribution >= 4 is 11.6 Å². The van der Waals surface area contributed by atoms with E-state index >= 15 is 0 Å². The van der Waals surface area contributed by atoms with Crippen LogP contribution in [0.3, 0.4) is 0 Å². The number of amides is 1. The number of nitrogens with two attached hydrogens (primary N) is 1. The van der Waals surface area contributed by atoms with Crippen molar-refractivity contribution in [3.05, 3.63) is 28.8 Å². The lowest BCUT2D eigenvalue weighted by molar-refractivity contribution is -0.118. The zero-order chi connectivity index (χ0) is 13.0. The molecule has 1 atom stereocenters. The maximum atomic E-state index is 11.8. The number of nitrogens with one attached hydrogen (secondary N) is 1. The summed E-state index contributed by atoms with van der Waals surface area (Å²) in [4.78, 5) is 11.8. The first kappa shape index (κ1) is 13.7. The second-order valence-electron chi connectivity index (χ2n) is 4.32. The molecule has 1 unspecified atom stereocenters. The lowest BCUT2D eigenvalue weighted by Gasteiger charge is -2.15. The van der Waals surface area contributed by atoms with Gasteiger partial charge in [0.2, 0.25) is 5.91 Å². The highest BCUT2D eigenvalue weighted by Gasteiger charge is 2.15. The third-order valence-electron chi connectivity index (χ3n) is 2.61. The van der Waals surface area contributed by atoms with Gasteiger partial charge < -0.3 is 15.8 Å². The molecule has 1 aromatic carbocycles. The van der Waals surface area contributed by atoms with E-state index in [0.29, 0.717) is 0 Å². The third kappa shape index (κ3) is 3.54. The van der Waals surface area contributed by atoms with Crippen LogP contribution < -0.4 is 11.1 Å². The zero-order valence-corrected chi connectivity index (χ0v) is 10.8. The molecule has 0 spiro atoms. The first-order chi connectivity index (χ1) is 7.95. The molecule has 0 saturated heterocycles. The quantitative estimate of drug-likeness (QED) is 0.833. The maximum Gasteiger partial charge on any atom is 0.243 e. The normalized spacial score (nSPS) is 12.3. The monoisotopic (exact) mass is 236 g/mol. The van der Waals surface area contributed by atoms with E-state index < -0.39 is 6.04 Å². The van der Waals surface area contributed by atoms with Gasteiger partial charge in [-0.25, -0.2) is 0 Å². The van der Waals surface area contributed by atoms with Gasteiger partial charge in [-0.15, -0.1) is 0 Å². The molecule has 0 radical (unpaired) electrons. The molecule has 94 valence electrons. The summed E-state index contributed by atoms with van der Waals surface area (Å²) in [5, 5.41) is 2.85. The number of rotatable bonds is 4. The van der Waals surface area contributed by atoms with Crippen molar-refractivity contribution in [3.63, 3.8) is 0 Å². The first-order valence-electron chi connectivity index (χ1n) is 5.59. The number of carbonyl (C=O) groups excluding carboxylic acids is 1. The summed E-state index contributed by atoms with van der Waals surface area (Å²) in [6.07, 6.45) is 0. The second-order valence-corrected chi connectivity index (χ2v) is 4.32. The van der Waals surface area contributed by atoms with Gasteiger partial charge in [0.25, 0.3) is 0 Å². The van der Waals surface area contributed by atoms with E-state index in [0.717, 1.165) is 16.8 Å². The summed E-state index contributed by atoms with van der Waals surface area (Å²) in [7, 11) is 1.52. The molecule has 4 heteroatoms. The summed E-state index contributed by atoms with van der Waals surface area (Å²) >= 11 is 0. The van der Waals surface area contributed by atoms with Crippen LogP contribution in [0.25, 0.3) is 0 Å². The highest BCUT2D eigenvalue weighted by molar-refractivity contribution is 5.96. The van der Waals surface area contributed by atoms with Gasteiger partial charge in [-0.3, -0.25) is 4.79 Å². The number of benzene rings is 1. The number of anilines is 1. The van der Waals surface area contributed by atoms with Gasteiger partial charge >= 0.3 is 0 Å². The maximum absolute atomic E-state index is 11.8. The summed E-state index contributed by atoms with van der Waals surface area (Å²) in [5.41, 5.74) is 9.77. The van der Waals surface area contributed by atoms with E-state index in [4.69, 9.17) is 10.5 Å². The van der Waals surface area contributed by atoms with Crippen LogP contribution in [0.15, 0.2) is 12.1 Å². The van der Waals surface area contributed by atoms with E-state index in [1.54, 1.807) is 0 Å². The molecule has 0 heterocycles. The molecule has 0 aliphatic rings. The SMILES string of the molecule is COCC(N)C(=O)Nc1c(C)cc(C)cc1C. The van der Waals surface area contributed by atoms with Crippen LogP contribution in [0, 0.1) is 20.8 Å². The summed E-state index contributed by atoms with van der Waals surface area (Å²) in [6, 6.07) is 3.43. The molecule has 4 nitrogen and oxygen atoms in total. The van der Waals surface area contributed by atoms with Crippen LogP contribution in [0.1, 0.15) is 16.7 Å². The topological polar surface area (TPSA) is 64.3 Å². The van der Waals surface area contributed by atoms with Gasteiger partial charge in [-0.05, 0) is 31.9 Å². The van der Waals surface area contributed by atoms with Gasteiger partial charge in [-0.2, -0.15) is 0 Å². The van der Waals surface area contributed by atoms with Crippen molar-refractivity contribution in [3.8, 4) is 0 Å². The third-order valence-corrected chi connectivity index (χ3v) is 2.61. The number of ether oxygens (including phenoxy) is 1. The Morgan fingerprint density at radius 1 is 1.35 bits per heavy atom. The standard InChI is InChI=1S/C13H20N2O2/c1-8-5-9(2)12(10(3)6-8)15-13(16)11(14)7-17-4/h5-6,11H,7,14H2,1-4H3,(H,15,16).